The van der Waals surface area contributed by atoms with Crippen molar-refractivity contribution < 1.29 is 14.3 Å². The lowest BCUT2D eigenvalue weighted by molar-refractivity contribution is -0.122. The average Bonchev–Trinajstić information content (AvgIpc) is 3.10. The van der Waals surface area contributed by atoms with Crippen molar-refractivity contribution in [2.45, 2.75) is 58.4 Å². The highest BCUT2D eigenvalue weighted by molar-refractivity contribution is 5.76. The molecule has 1 unspecified atom stereocenters. The second-order valence-electron chi connectivity index (χ2n) is 7.38. The van der Waals surface area contributed by atoms with Crippen molar-refractivity contribution in [3.8, 4) is 11.5 Å². The molecule has 1 atom stereocenters. The molecule has 0 radical (unpaired) electrons. The quantitative estimate of drug-likeness (QED) is 0.848. The number of fused-ring (bicyclic) bond motifs is 1. The molecule has 1 saturated carbocycles. The van der Waals surface area contributed by atoms with Crippen molar-refractivity contribution in [3.05, 3.63) is 23.8 Å². The molecule has 1 aromatic rings. The molecule has 0 aromatic heterocycles. The van der Waals surface area contributed by atoms with Crippen LogP contribution in [-0.4, -0.2) is 19.1 Å². The van der Waals surface area contributed by atoms with Crippen LogP contribution in [0.15, 0.2) is 18.2 Å². The average molecular weight is 331 g/mol. The number of rotatable bonds is 6. The fourth-order valence-corrected chi connectivity index (χ4v) is 3.77. The van der Waals surface area contributed by atoms with E-state index in [9.17, 15) is 4.79 Å². The highest BCUT2D eigenvalue weighted by Crippen LogP contribution is 2.34. The number of hydrogen-bond donors (Lipinski definition) is 1. The molecule has 1 N–H and O–H groups in total. The third-order valence-corrected chi connectivity index (χ3v) is 5.16. The minimum Gasteiger partial charge on any atom is -0.486 e. The third-order valence-electron chi connectivity index (χ3n) is 5.16. The number of carbonyl (C=O) groups is 1. The zero-order chi connectivity index (χ0) is 16.9. The molecule has 24 heavy (non-hydrogen) atoms. The Kier molecular flexibility index (Phi) is 5.64. The monoisotopic (exact) mass is 331 g/mol. The predicted octanol–water partition coefficient (Wildman–Crippen LogP) is 4.24. The van der Waals surface area contributed by atoms with Gasteiger partial charge in [0.1, 0.15) is 13.2 Å². The van der Waals surface area contributed by atoms with Gasteiger partial charge >= 0.3 is 0 Å². The summed E-state index contributed by atoms with van der Waals surface area (Å²) in [5, 5.41) is 3.23. The summed E-state index contributed by atoms with van der Waals surface area (Å²) >= 11 is 0. The van der Waals surface area contributed by atoms with Crippen molar-refractivity contribution in [2.75, 3.05) is 13.2 Å². The fraction of sp³-hybridized carbons (Fsp3) is 0.650. The van der Waals surface area contributed by atoms with E-state index in [-0.39, 0.29) is 11.9 Å². The molecule has 1 aromatic carbocycles. The fourth-order valence-electron chi connectivity index (χ4n) is 3.77. The van der Waals surface area contributed by atoms with Crippen LogP contribution in [0.2, 0.25) is 0 Å². The van der Waals surface area contributed by atoms with Gasteiger partial charge in [-0.1, -0.05) is 45.6 Å². The van der Waals surface area contributed by atoms with E-state index in [0.717, 1.165) is 29.4 Å². The van der Waals surface area contributed by atoms with E-state index >= 15 is 0 Å². The van der Waals surface area contributed by atoms with Gasteiger partial charge in [0.15, 0.2) is 11.5 Å². The van der Waals surface area contributed by atoms with E-state index < -0.39 is 0 Å². The number of nitrogens with one attached hydrogen (secondary N) is 1. The number of ether oxygens (including phenoxy) is 2. The Hall–Kier alpha value is -1.71. The molecule has 1 aliphatic carbocycles. The van der Waals surface area contributed by atoms with Crippen LogP contribution in [0.1, 0.15) is 64.0 Å². The molecular weight excluding hydrogens is 302 g/mol. The zero-order valence-electron chi connectivity index (χ0n) is 14.8. The molecule has 132 valence electrons. The van der Waals surface area contributed by atoms with Crippen molar-refractivity contribution in [2.24, 2.45) is 11.8 Å². The molecule has 4 heteroatoms. The number of benzene rings is 1. The van der Waals surface area contributed by atoms with E-state index in [0.29, 0.717) is 25.6 Å². The highest BCUT2D eigenvalue weighted by Gasteiger charge is 2.22. The lowest BCUT2D eigenvalue weighted by Gasteiger charge is -2.25. The Morgan fingerprint density at radius 3 is 2.58 bits per heavy atom. The van der Waals surface area contributed by atoms with Crippen molar-refractivity contribution in [1.82, 2.24) is 5.32 Å². The second kappa shape index (κ2) is 7.91. The van der Waals surface area contributed by atoms with Crippen LogP contribution in [0.25, 0.3) is 0 Å². The molecule has 1 amide bonds. The molecule has 2 aliphatic rings. The van der Waals surface area contributed by atoms with E-state index in [1.807, 2.05) is 18.2 Å². The molecule has 1 heterocycles. The predicted molar refractivity (Wildman–Crippen MR) is 94.3 cm³/mol. The molecule has 1 aliphatic heterocycles. The zero-order valence-corrected chi connectivity index (χ0v) is 14.8. The Bertz CT molecular complexity index is 564. The smallest absolute Gasteiger partial charge is 0.220 e. The molecule has 0 saturated heterocycles. The van der Waals surface area contributed by atoms with Gasteiger partial charge in [-0.3, -0.25) is 4.79 Å². The third kappa shape index (κ3) is 4.22. The first-order chi connectivity index (χ1) is 11.6. The minimum absolute atomic E-state index is 0.0110. The first kappa shape index (κ1) is 17.1. The Labute approximate surface area is 144 Å². The summed E-state index contributed by atoms with van der Waals surface area (Å²) in [4.78, 5) is 12.4. The van der Waals surface area contributed by atoms with E-state index in [4.69, 9.17) is 9.47 Å². The summed E-state index contributed by atoms with van der Waals surface area (Å²) in [6.07, 6.45) is 6.92. The maximum atomic E-state index is 12.4. The minimum atomic E-state index is 0.0110. The highest BCUT2D eigenvalue weighted by atomic mass is 16.6. The second-order valence-corrected chi connectivity index (χ2v) is 7.38. The van der Waals surface area contributed by atoms with Crippen LogP contribution in [0.5, 0.6) is 11.5 Å². The summed E-state index contributed by atoms with van der Waals surface area (Å²) in [5.74, 6) is 2.81. The lowest BCUT2D eigenvalue weighted by Crippen LogP contribution is -2.32. The van der Waals surface area contributed by atoms with Gasteiger partial charge in [0.2, 0.25) is 5.91 Å². The van der Waals surface area contributed by atoms with Gasteiger partial charge in [0.05, 0.1) is 6.04 Å². The topological polar surface area (TPSA) is 47.6 Å². The maximum absolute atomic E-state index is 12.4. The van der Waals surface area contributed by atoms with Crippen LogP contribution >= 0.6 is 0 Å². The Morgan fingerprint density at radius 1 is 1.17 bits per heavy atom. The molecule has 3 rings (SSSR count). The van der Waals surface area contributed by atoms with Crippen LogP contribution in [-0.2, 0) is 4.79 Å². The Balaban J connectivity index is 1.62. The van der Waals surface area contributed by atoms with Gasteiger partial charge in [-0.2, -0.15) is 0 Å². The molecular formula is C20H29NO3. The summed E-state index contributed by atoms with van der Waals surface area (Å²) in [7, 11) is 0. The van der Waals surface area contributed by atoms with Gasteiger partial charge in [-0.05, 0) is 36.0 Å². The normalized spacial score (nSPS) is 18.6. The number of carbonyl (C=O) groups excluding carboxylic acids is 1. The van der Waals surface area contributed by atoms with Gasteiger partial charge in [-0.15, -0.1) is 0 Å². The number of hydrogen-bond acceptors (Lipinski definition) is 3. The van der Waals surface area contributed by atoms with E-state index in [1.165, 1.54) is 25.7 Å². The molecule has 1 fully saturated rings. The Morgan fingerprint density at radius 2 is 1.88 bits per heavy atom. The van der Waals surface area contributed by atoms with Crippen molar-refractivity contribution in [1.29, 1.82) is 0 Å². The molecule has 0 bridgehead atoms. The van der Waals surface area contributed by atoms with Crippen LogP contribution in [0, 0.1) is 11.8 Å². The summed E-state index contributed by atoms with van der Waals surface area (Å²) in [6.45, 7) is 5.45. The largest absolute Gasteiger partial charge is 0.486 e. The van der Waals surface area contributed by atoms with Gasteiger partial charge < -0.3 is 14.8 Å². The summed E-state index contributed by atoms with van der Waals surface area (Å²) in [6, 6.07) is 6.01. The van der Waals surface area contributed by atoms with Gasteiger partial charge in [0, 0.05) is 6.42 Å². The summed E-state index contributed by atoms with van der Waals surface area (Å²) in [5.41, 5.74) is 1.09. The SMILES string of the molecule is CC(C)C(NC(=O)CCC1CCCC1)c1ccc2c(c1)OCCO2. The molecule has 4 nitrogen and oxygen atoms in total. The first-order valence-electron chi connectivity index (χ1n) is 9.32. The molecule has 0 spiro atoms. The van der Waals surface area contributed by atoms with Crippen LogP contribution in [0.4, 0.5) is 0 Å². The van der Waals surface area contributed by atoms with E-state index in [2.05, 4.69) is 19.2 Å². The van der Waals surface area contributed by atoms with Gasteiger partial charge in [-0.25, -0.2) is 0 Å². The van der Waals surface area contributed by atoms with Crippen molar-refractivity contribution >= 4 is 5.91 Å². The van der Waals surface area contributed by atoms with Crippen LogP contribution < -0.4 is 14.8 Å². The van der Waals surface area contributed by atoms with E-state index in [1.54, 1.807) is 0 Å². The van der Waals surface area contributed by atoms with Gasteiger partial charge in [0.25, 0.3) is 0 Å². The van der Waals surface area contributed by atoms with Crippen molar-refractivity contribution in [3.63, 3.8) is 0 Å². The maximum Gasteiger partial charge on any atom is 0.220 e. The van der Waals surface area contributed by atoms with Crippen LogP contribution in [0.3, 0.4) is 0 Å². The standard InChI is InChI=1S/C20H29NO3/c1-14(2)20(21-19(22)10-7-15-5-3-4-6-15)16-8-9-17-18(13-16)24-12-11-23-17/h8-9,13-15,20H,3-7,10-12H2,1-2H3,(H,21,22). The first-order valence-corrected chi connectivity index (χ1v) is 9.32. The number of amides is 1. The summed E-state index contributed by atoms with van der Waals surface area (Å²) < 4.78 is 11.3. The lowest BCUT2D eigenvalue weighted by atomic mass is 9.95.